The number of anilines is 1. The van der Waals surface area contributed by atoms with E-state index in [-0.39, 0.29) is 23.4 Å². The second kappa shape index (κ2) is 10.2. The molecular formula is C30H21F3N4O. The lowest BCUT2D eigenvalue weighted by Crippen LogP contribution is -2.15. The van der Waals surface area contributed by atoms with Crippen molar-refractivity contribution in [2.75, 3.05) is 5.32 Å². The highest BCUT2D eigenvalue weighted by molar-refractivity contribution is 6.04. The summed E-state index contributed by atoms with van der Waals surface area (Å²) in [5, 5.41) is 4.53. The Balaban J connectivity index is 1.40. The third kappa shape index (κ3) is 5.42. The summed E-state index contributed by atoms with van der Waals surface area (Å²) >= 11 is 0. The van der Waals surface area contributed by atoms with Gasteiger partial charge in [-0.2, -0.15) is 13.2 Å². The van der Waals surface area contributed by atoms with Gasteiger partial charge in [0.1, 0.15) is 0 Å². The van der Waals surface area contributed by atoms with Crippen molar-refractivity contribution in [1.82, 2.24) is 14.5 Å². The summed E-state index contributed by atoms with van der Waals surface area (Å²) < 4.78 is 42.9. The van der Waals surface area contributed by atoms with Gasteiger partial charge in [-0.1, -0.05) is 48.2 Å². The number of aromatic nitrogens is 3. The number of halogens is 3. The van der Waals surface area contributed by atoms with Gasteiger partial charge >= 0.3 is 6.18 Å². The number of nitrogens with one attached hydrogen (secondary N) is 1. The summed E-state index contributed by atoms with van der Waals surface area (Å²) in [6, 6.07) is 16.6. The molecule has 5 nitrogen and oxygen atoms in total. The van der Waals surface area contributed by atoms with Gasteiger partial charge in [0.2, 0.25) is 0 Å². The number of hydrogen-bond acceptors (Lipinski definition) is 3. The minimum atomic E-state index is -4.58. The lowest BCUT2D eigenvalue weighted by atomic mass is 10.0. The molecule has 5 aromatic rings. The van der Waals surface area contributed by atoms with E-state index in [4.69, 9.17) is 0 Å². The number of hydrogen-bond donors (Lipinski definition) is 1. The Morgan fingerprint density at radius 2 is 1.79 bits per heavy atom. The molecule has 0 fully saturated rings. The molecule has 0 saturated heterocycles. The van der Waals surface area contributed by atoms with Crippen LogP contribution in [0.15, 0.2) is 91.8 Å². The molecule has 3 aromatic carbocycles. The van der Waals surface area contributed by atoms with Gasteiger partial charge < -0.3 is 9.88 Å². The molecule has 2 heterocycles. The molecule has 0 atom stereocenters. The maximum atomic E-state index is 13.8. The summed E-state index contributed by atoms with van der Waals surface area (Å²) in [7, 11) is 0. The molecule has 0 aliphatic rings. The number of carbonyl (C=O) groups is 1. The quantitative estimate of drug-likeness (QED) is 0.282. The number of alkyl halides is 3. The van der Waals surface area contributed by atoms with Crippen LogP contribution < -0.4 is 5.32 Å². The third-order valence-corrected chi connectivity index (χ3v) is 6.09. The maximum absolute atomic E-state index is 13.8. The van der Waals surface area contributed by atoms with Crippen LogP contribution >= 0.6 is 0 Å². The molecule has 5 rings (SSSR count). The SMILES string of the molecule is Cc1ccc(C(=O)Nc2ccc(Cn3ccnc3)c(C(F)(F)F)c2)cc1C#Cc1cncc2ccccc12. The molecule has 0 spiro atoms. The van der Waals surface area contributed by atoms with Crippen molar-refractivity contribution in [2.45, 2.75) is 19.6 Å². The van der Waals surface area contributed by atoms with Gasteiger partial charge in [0.15, 0.2) is 0 Å². The third-order valence-electron chi connectivity index (χ3n) is 6.09. The lowest BCUT2D eigenvalue weighted by Gasteiger charge is -2.15. The van der Waals surface area contributed by atoms with Crippen molar-refractivity contribution in [3.05, 3.63) is 125 Å². The average Bonchev–Trinajstić information content (AvgIpc) is 3.41. The fraction of sp³-hybridized carbons (Fsp3) is 0.100. The Kier molecular flexibility index (Phi) is 6.67. The largest absolute Gasteiger partial charge is 0.416 e. The maximum Gasteiger partial charge on any atom is 0.416 e. The highest BCUT2D eigenvalue weighted by atomic mass is 19.4. The second-order valence-electron chi connectivity index (χ2n) is 8.75. The van der Waals surface area contributed by atoms with Gasteiger partial charge in [0.05, 0.1) is 17.5 Å². The minimum Gasteiger partial charge on any atom is -0.333 e. The van der Waals surface area contributed by atoms with Gasteiger partial charge in [-0.3, -0.25) is 9.78 Å². The van der Waals surface area contributed by atoms with Crippen LogP contribution in [0.25, 0.3) is 10.8 Å². The molecule has 1 amide bonds. The van der Waals surface area contributed by atoms with Crippen LogP contribution in [0.1, 0.15) is 38.2 Å². The Morgan fingerprint density at radius 1 is 0.974 bits per heavy atom. The highest BCUT2D eigenvalue weighted by Crippen LogP contribution is 2.34. The molecule has 38 heavy (non-hydrogen) atoms. The fourth-order valence-electron chi connectivity index (χ4n) is 4.08. The number of rotatable bonds is 4. The van der Waals surface area contributed by atoms with Crippen LogP contribution in [0.2, 0.25) is 0 Å². The molecule has 8 heteroatoms. The fourth-order valence-corrected chi connectivity index (χ4v) is 4.08. The Bertz CT molecular complexity index is 1690. The minimum absolute atomic E-state index is 0.00921. The van der Waals surface area contributed by atoms with Gasteiger partial charge in [-0.25, -0.2) is 4.98 Å². The standard InChI is InChI=1S/C30H21F3N4O/c1-20-6-7-22(14-21(20)8-9-24-17-35-16-23-4-2-3-5-27(23)24)29(38)36-26-11-10-25(18-37-13-12-34-19-37)28(15-26)30(31,32)33/h2-7,10-17,19H,18H2,1H3,(H,36,38). The van der Waals surface area contributed by atoms with E-state index >= 15 is 0 Å². The number of pyridine rings is 1. The molecule has 188 valence electrons. The van der Waals surface area contributed by atoms with E-state index < -0.39 is 17.6 Å². The molecule has 1 N–H and O–H groups in total. The molecule has 2 aromatic heterocycles. The first-order chi connectivity index (χ1) is 18.3. The van der Waals surface area contributed by atoms with Gasteiger partial charge in [-0.15, -0.1) is 0 Å². The van der Waals surface area contributed by atoms with E-state index in [0.717, 1.165) is 28.0 Å². The van der Waals surface area contributed by atoms with E-state index in [2.05, 4.69) is 27.1 Å². The molecule has 0 unspecified atom stereocenters. The molecule has 0 aliphatic heterocycles. The normalized spacial score (nSPS) is 11.2. The predicted molar refractivity (Wildman–Crippen MR) is 140 cm³/mol. The number of aryl methyl sites for hydroxylation is 1. The van der Waals surface area contributed by atoms with Crippen LogP contribution in [0.4, 0.5) is 18.9 Å². The van der Waals surface area contributed by atoms with Gasteiger partial charge in [0.25, 0.3) is 5.91 Å². The van der Waals surface area contributed by atoms with Crippen molar-refractivity contribution in [3.63, 3.8) is 0 Å². The predicted octanol–water partition coefficient (Wildman–Crippen LogP) is 6.46. The Labute approximate surface area is 217 Å². The lowest BCUT2D eigenvalue weighted by molar-refractivity contribution is -0.138. The molecule has 0 radical (unpaired) electrons. The van der Waals surface area contributed by atoms with E-state index in [1.54, 1.807) is 41.4 Å². The molecule has 0 aliphatic carbocycles. The van der Waals surface area contributed by atoms with Gasteiger partial charge in [-0.05, 0) is 42.3 Å². The molecule has 0 bridgehead atoms. The van der Waals surface area contributed by atoms with Crippen molar-refractivity contribution in [3.8, 4) is 11.8 Å². The van der Waals surface area contributed by atoms with Crippen molar-refractivity contribution in [1.29, 1.82) is 0 Å². The van der Waals surface area contributed by atoms with Crippen LogP contribution in [0, 0.1) is 18.8 Å². The van der Waals surface area contributed by atoms with Crippen molar-refractivity contribution in [2.24, 2.45) is 0 Å². The van der Waals surface area contributed by atoms with E-state index in [9.17, 15) is 18.0 Å². The van der Waals surface area contributed by atoms with E-state index in [0.29, 0.717) is 5.56 Å². The van der Waals surface area contributed by atoms with Crippen LogP contribution in [0.3, 0.4) is 0 Å². The summed E-state index contributed by atoms with van der Waals surface area (Å²) in [6.07, 6.45) is 3.41. The zero-order valence-corrected chi connectivity index (χ0v) is 20.3. The van der Waals surface area contributed by atoms with Crippen LogP contribution in [-0.2, 0) is 12.7 Å². The first-order valence-electron chi connectivity index (χ1n) is 11.7. The zero-order valence-electron chi connectivity index (χ0n) is 20.3. The van der Waals surface area contributed by atoms with Crippen molar-refractivity contribution >= 4 is 22.4 Å². The number of nitrogens with zero attached hydrogens (tertiary/aromatic N) is 3. The summed E-state index contributed by atoms with van der Waals surface area (Å²) in [5.74, 6) is 5.71. The molecule has 0 saturated carbocycles. The van der Waals surface area contributed by atoms with E-state index in [1.807, 2.05) is 31.2 Å². The number of fused-ring (bicyclic) bond motifs is 1. The zero-order chi connectivity index (χ0) is 26.7. The number of imidazole rings is 1. The van der Waals surface area contributed by atoms with Crippen LogP contribution in [0.5, 0.6) is 0 Å². The summed E-state index contributed by atoms with van der Waals surface area (Å²) in [4.78, 5) is 21.1. The highest BCUT2D eigenvalue weighted by Gasteiger charge is 2.33. The summed E-state index contributed by atoms with van der Waals surface area (Å²) in [5.41, 5.74) is 1.85. The Morgan fingerprint density at radius 3 is 2.58 bits per heavy atom. The molecular weight excluding hydrogens is 489 g/mol. The van der Waals surface area contributed by atoms with Crippen molar-refractivity contribution < 1.29 is 18.0 Å². The first kappa shape index (κ1) is 24.8. The smallest absolute Gasteiger partial charge is 0.333 e. The van der Waals surface area contributed by atoms with E-state index in [1.165, 1.54) is 24.7 Å². The monoisotopic (exact) mass is 510 g/mol. The average molecular weight is 511 g/mol. The number of carbonyl (C=O) groups excluding carboxylic acids is 1. The number of amides is 1. The first-order valence-corrected chi connectivity index (χ1v) is 11.7. The topological polar surface area (TPSA) is 59.8 Å². The summed E-state index contributed by atoms with van der Waals surface area (Å²) in [6.45, 7) is 1.89. The number of benzene rings is 3. The second-order valence-corrected chi connectivity index (χ2v) is 8.75. The van der Waals surface area contributed by atoms with Gasteiger partial charge in [0, 0.05) is 58.9 Å². The van der Waals surface area contributed by atoms with Crippen LogP contribution in [-0.4, -0.2) is 20.4 Å². The Hall–Kier alpha value is -4.90.